The number of nitrogens with one attached hydrogen (secondary N) is 1. The number of nitrogens with zero attached hydrogens (tertiary/aromatic N) is 5. The molecule has 0 saturated carbocycles. The van der Waals surface area contributed by atoms with Crippen molar-refractivity contribution in [1.82, 2.24) is 20.6 Å². The third-order valence-electron chi connectivity index (χ3n) is 3.47. The van der Waals surface area contributed by atoms with Gasteiger partial charge < -0.3 is 0 Å². The van der Waals surface area contributed by atoms with E-state index in [0.29, 0.717) is 18.8 Å². The maximum absolute atomic E-state index is 12.2. The maximum Gasteiger partial charge on any atom is 0.343 e. The van der Waals surface area contributed by atoms with Crippen molar-refractivity contribution in [2.75, 3.05) is 13.1 Å². The lowest BCUT2D eigenvalue weighted by Crippen LogP contribution is -2.47. The van der Waals surface area contributed by atoms with Gasteiger partial charge in [0.15, 0.2) is 5.82 Å². The van der Waals surface area contributed by atoms with E-state index in [2.05, 4.69) is 22.8 Å². The zero-order chi connectivity index (χ0) is 17.0. The molecule has 0 aromatic heterocycles. The first-order chi connectivity index (χ1) is 11.0. The van der Waals surface area contributed by atoms with Gasteiger partial charge in [0.1, 0.15) is 0 Å². The molecule has 2 aliphatic heterocycles. The number of hydrogen-bond donors (Lipinski definition) is 1. The van der Waals surface area contributed by atoms with E-state index < -0.39 is 17.6 Å². The van der Waals surface area contributed by atoms with Crippen molar-refractivity contribution < 1.29 is 14.4 Å². The van der Waals surface area contributed by atoms with Crippen molar-refractivity contribution in [3.05, 3.63) is 11.5 Å². The number of carbonyl (C=O) groups is 3. The first kappa shape index (κ1) is 17.1. The molecular formula is C14H22N6O3. The van der Waals surface area contributed by atoms with Crippen LogP contribution in [0.15, 0.2) is 21.9 Å². The van der Waals surface area contributed by atoms with E-state index >= 15 is 0 Å². The molecule has 2 rings (SSSR count). The van der Waals surface area contributed by atoms with Gasteiger partial charge in [0.2, 0.25) is 0 Å². The van der Waals surface area contributed by atoms with E-state index in [0.717, 1.165) is 36.5 Å². The van der Waals surface area contributed by atoms with Crippen LogP contribution in [0.2, 0.25) is 0 Å². The smallest absolute Gasteiger partial charge is 0.291 e. The fourth-order valence-electron chi connectivity index (χ4n) is 2.54. The SMILES string of the molecule is CCCC1=C(N2N=NC(=O)C(=O)C2=O)N(CCC)NN1CCC. The Kier molecular flexibility index (Phi) is 5.43. The average Bonchev–Trinajstić information content (AvgIpc) is 2.84. The predicted molar refractivity (Wildman–Crippen MR) is 80.8 cm³/mol. The van der Waals surface area contributed by atoms with Crippen LogP contribution in [0.1, 0.15) is 46.5 Å². The number of ketones is 1. The van der Waals surface area contributed by atoms with Gasteiger partial charge in [-0.15, -0.1) is 5.53 Å². The lowest BCUT2D eigenvalue weighted by Gasteiger charge is -2.27. The van der Waals surface area contributed by atoms with Gasteiger partial charge in [0, 0.05) is 13.1 Å². The highest BCUT2D eigenvalue weighted by Crippen LogP contribution is 2.28. The fraction of sp³-hybridized carbons (Fsp3) is 0.643. The summed E-state index contributed by atoms with van der Waals surface area (Å²) in [5.41, 5.74) is 4.09. The number of allylic oxidation sites excluding steroid dienone is 1. The molecule has 0 aromatic rings. The lowest BCUT2D eigenvalue weighted by molar-refractivity contribution is -0.151. The van der Waals surface area contributed by atoms with Crippen LogP contribution in [0.25, 0.3) is 0 Å². The van der Waals surface area contributed by atoms with Crippen LogP contribution in [0.5, 0.6) is 0 Å². The molecule has 0 radical (unpaired) electrons. The number of hydrazine groups is 2. The van der Waals surface area contributed by atoms with Crippen LogP contribution in [0.4, 0.5) is 0 Å². The third kappa shape index (κ3) is 3.24. The molecule has 9 heteroatoms. The standard InChI is InChI=1S/C14H22N6O3/c1-4-7-10-13(19(9-6-3)17-18(10)8-5-2)20-14(23)11(21)12(22)15-16-20/h17H,4-9H2,1-3H3. The Morgan fingerprint density at radius 3 is 2.22 bits per heavy atom. The van der Waals surface area contributed by atoms with Crippen LogP contribution in [-0.4, -0.2) is 45.7 Å². The number of rotatable bonds is 7. The summed E-state index contributed by atoms with van der Waals surface area (Å²) in [5.74, 6) is -2.76. The Morgan fingerprint density at radius 2 is 1.61 bits per heavy atom. The van der Waals surface area contributed by atoms with E-state index in [1.807, 2.05) is 18.9 Å². The van der Waals surface area contributed by atoms with E-state index in [-0.39, 0.29) is 0 Å². The minimum Gasteiger partial charge on any atom is -0.291 e. The minimum atomic E-state index is -1.16. The summed E-state index contributed by atoms with van der Waals surface area (Å²) in [4.78, 5) is 35.1. The second-order valence-corrected chi connectivity index (χ2v) is 5.36. The molecule has 126 valence electrons. The summed E-state index contributed by atoms with van der Waals surface area (Å²) >= 11 is 0. The molecule has 0 atom stereocenters. The second kappa shape index (κ2) is 7.32. The molecule has 0 unspecified atom stereocenters. The monoisotopic (exact) mass is 322 g/mol. The van der Waals surface area contributed by atoms with Crippen LogP contribution < -0.4 is 5.53 Å². The van der Waals surface area contributed by atoms with Crippen LogP contribution in [-0.2, 0) is 14.4 Å². The number of hydrogen-bond acceptors (Lipinski definition) is 7. The van der Waals surface area contributed by atoms with Gasteiger partial charge in [-0.3, -0.25) is 24.4 Å². The fourth-order valence-corrected chi connectivity index (χ4v) is 2.54. The average molecular weight is 322 g/mol. The number of carbonyl (C=O) groups excluding carboxylic acids is 3. The van der Waals surface area contributed by atoms with Crippen molar-refractivity contribution in [2.24, 2.45) is 10.3 Å². The number of Topliss-reactive ketones (excluding diaryl/α,β-unsaturated/α-hetero) is 1. The van der Waals surface area contributed by atoms with Crippen molar-refractivity contribution in [3.8, 4) is 0 Å². The molecule has 0 spiro atoms. The van der Waals surface area contributed by atoms with Gasteiger partial charge in [-0.25, -0.2) is 0 Å². The highest BCUT2D eigenvalue weighted by atomic mass is 16.2. The van der Waals surface area contributed by atoms with Crippen molar-refractivity contribution in [2.45, 2.75) is 46.5 Å². The van der Waals surface area contributed by atoms with Gasteiger partial charge >= 0.3 is 17.6 Å². The molecule has 23 heavy (non-hydrogen) atoms. The van der Waals surface area contributed by atoms with Gasteiger partial charge in [0.05, 0.1) is 5.70 Å². The molecule has 1 N–H and O–H groups in total. The molecule has 0 aliphatic carbocycles. The topological polar surface area (TPSA) is 97.7 Å². The van der Waals surface area contributed by atoms with E-state index in [4.69, 9.17) is 0 Å². The Balaban J connectivity index is 2.45. The first-order valence-electron chi connectivity index (χ1n) is 7.93. The summed E-state index contributed by atoms with van der Waals surface area (Å²) in [7, 11) is 0. The molecule has 2 amide bonds. The highest BCUT2D eigenvalue weighted by molar-refractivity contribution is 6.63. The highest BCUT2D eigenvalue weighted by Gasteiger charge is 2.41. The Bertz CT molecular complexity index is 571. The first-order valence-corrected chi connectivity index (χ1v) is 7.93. The van der Waals surface area contributed by atoms with Crippen molar-refractivity contribution >= 4 is 17.6 Å². The molecule has 0 aromatic carbocycles. The molecule has 0 saturated heterocycles. The minimum absolute atomic E-state index is 0.483. The summed E-state index contributed by atoms with van der Waals surface area (Å²) in [6.07, 6.45) is 3.33. The Hall–Kier alpha value is -2.29. The van der Waals surface area contributed by atoms with Crippen LogP contribution >= 0.6 is 0 Å². The van der Waals surface area contributed by atoms with E-state index in [9.17, 15) is 14.4 Å². The summed E-state index contributed by atoms with van der Waals surface area (Å²) in [6.45, 7) is 7.48. The molecule has 9 nitrogen and oxygen atoms in total. The van der Waals surface area contributed by atoms with Gasteiger partial charge in [-0.1, -0.05) is 37.5 Å². The van der Waals surface area contributed by atoms with Crippen molar-refractivity contribution in [3.63, 3.8) is 0 Å². The normalized spacial score (nSPS) is 18.7. The molecule has 2 aliphatic rings. The van der Waals surface area contributed by atoms with Gasteiger partial charge in [-0.05, 0) is 19.3 Å². The maximum atomic E-state index is 12.2. The molecule has 2 heterocycles. The Morgan fingerprint density at radius 1 is 0.957 bits per heavy atom. The zero-order valence-electron chi connectivity index (χ0n) is 13.7. The van der Waals surface area contributed by atoms with Crippen molar-refractivity contribution in [1.29, 1.82) is 0 Å². The lowest BCUT2D eigenvalue weighted by atomic mass is 10.2. The molecular weight excluding hydrogens is 300 g/mol. The van der Waals surface area contributed by atoms with Gasteiger partial charge in [0.25, 0.3) is 0 Å². The molecule has 0 bridgehead atoms. The summed E-state index contributed by atoms with van der Waals surface area (Å²) < 4.78 is 0. The summed E-state index contributed by atoms with van der Waals surface area (Å²) in [5, 5.41) is 11.6. The van der Waals surface area contributed by atoms with Crippen LogP contribution in [0, 0.1) is 0 Å². The largest absolute Gasteiger partial charge is 0.343 e. The predicted octanol–water partition coefficient (Wildman–Crippen LogP) is 1.12. The van der Waals surface area contributed by atoms with E-state index in [1.54, 1.807) is 5.01 Å². The number of amides is 2. The molecule has 0 fully saturated rings. The quantitative estimate of drug-likeness (QED) is 0.705. The zero-order valence-corrected chi connectivity index (χ0v) is 13.7. The van der Waals surface area contributed by atoms with E-state index in [1.165, 1.54) is 0 Å². The van der Waals surface area contributed by atoms with Crippen LogP contribution in [0.3, 0.4) is 0 Å². The Labute approximate surface area is 134 Å². The second-order valence-electron chi connectivity index (χ2n) is 5.36. The van der Waals surface area contributed by atoms with Gasteiger partial charge in [-0.2, -0.15) is 5.01 Å². The third-order valence-corrected chi connectivity index (χ3v) is 3.47. The summed E-state index contributed by atoms with van der Waals surface area (Å²) in [6, 6.07) is 0.